The van der Waals surface area contributed by atoms with Crippen LogP contribution in [-0.2, 0) is 22.4 Å². The fourth-order valence-corrected chi connectivity index (χ4v) is 3.51. The molecule has 7 heteroatoms. The van der Waals surface area contributed by atoms with Gasteiger partial charge in [0.2, 0.25) is 0 Å². The normalized spacial score (nSPS) is 14.4. The third-order valence-corrected chi connectivity index (χ3v) is 5.20. The molecule has 3 rings (SSSR count). The van der Waals surface area contributed by atoms with E-state index in [0.29, 0.717) is 5.56 Å². The summed E-state index contributed by atoms with van der Waals surface area (Å²) in [6, 6.07) is 6.83. The third kappa shape index (κ3) is 5.10. The molecule has 1 heterocycles. The van der Waals surface area contributed by atoms with Gasteiger partial charge in [-0.05, 0) is 50.7 Å². The fraction of sp³-hybridized carbons (Fsp3) is 0.455. The maximum Gasteiger partial charge on any atom is 0.339 e. The molecule has 0 unspecified atom stereocenters. The van der Waals surface area contributed by atoms with E-state index in [0.717, 1.165) is 60.7 Å². The predicted octanol–water partition coefficient (Wildman–Crippen LogP) is 3.28. The summed E-state index contributed by atoms with van der Waals surface area (Å²) in [5.74, 6) is -1.22. The standard InChI is InChI=1S/C22H27N3O4/c1-3-14(2)23-22(28)25-19(26)13-29-21(27)20-15-9-5-4-6-11-17(15)24-18-12-8-7-10-16(18)20/h7-8,10,12,14H,3-6,9,11,13H2,1-2H3,(H2,23,25,26,28)/t14-/m0/s1. The lowest BCUT2D eigenvalue weighted by molar-refractivity contribution is -0.123. The van der Waals surface area contributed by atoms with Gasteiger partial charge >= 0.3 is 12.0 Å². The lowest BCUT2D eigenvalue weighted by Gasteiger charge is -2.15. The fourth-order valence-electron chi connectivity index (χ4n) is 3.51. The summed E-state index contributed by atoms with van der Waals surface area (Å²) in [6.07, 6.45) is 5.47. The monoisotopic (exact) mass is 397 g/mol. The molecule has 2 N–H and O–H groups in total. The molecular weight excluding hydrogens is 370 g/mol. The lowest BCUT2D eigenvalue weighted by Crippen LogP contribution is -2.44. The van der Waals surface area contributed by atoms with Crippen LogP contribution in [0.2, 0.25) is 0 Å². The van der Waals surface area contributed by atoms with E-state index >= 15 is 0 Å². The molecule has 1 aromatic heterocycles. The highest BCUT2D eigenvalue weighted by Gasteiger charge is 2.23. The Balaban J connectivity index is 1.76. The van der Waals surface area contributed by atoms with Crippen LogP contribution in [0.25, 0.3) is 10.9 Å². The third-order valence-electron chi connectivity index (χ3n) is 5.20. The number of aryl methyl sites for hydroxylation is 1. The number of nitrogens with one attached hydrogen (secondary N) is 2. The van der Waals surface area contributed by atoms with Crippen LogP contribution in [-0.4, -0.2) is 35.5 Å². The molecule has 0 saturated carbocycles. The minimum absolute atomic E-state index is 0.0519. The average molecular weight is 397 g/mol. The van der Waals surface area contributed by atoms with E-state index in [-0.39, 0.29) is 6.04 Å². The number of esters is 1. The van der Waals surface area contributed by atoms with E-state index < -0.39 is 24.5 Å². The Kier molecular flexibility index (Phi) is 6.80. The first-order valence-electron chi connectivity index (χ1n) is 10.2. The largest absolute Gasteiger partial charge is 0.452 e. The van der Waals surface area contributed by atoms with E-state index in [1.54, 1.807) is 0 Å². The number of hydrogen-bond acceptors (Lipinski definition) is 5. The molecule has 3 amide bonds. The zero-order chi connectivity index (χ0) is 20.8. The molecule has 0 fully saturated rings. The van der Waals surface area contributed by atoms with Gasteiger partial charge in [0.1, 0.15) is 0 Å². The molecule has 1 aliphatic rings. The second kappa shape index (κ2) is 9.49. The van der Waals surface area contributed by atoms with Gasteiger partial charge in [0, 0.05) is 17.1 Å². The van der Waals surface area contributed by atoms with Crippen LogP contribution in [0.5, 0.6) is 0 Å². The summed E-state index contributed by atoms with van der Waals surface area (Å²) in [7, 11) is 0. The molecule has 29 heavy (non-hydrogen) atoms. The molecule has 0 radical (unpaired) electrons. The number of imide groups is 1. The van der Waals surface area contributed by atoms with E-state index in [1.807, 2.05) is 38.1 Å². The Bertz CT molecular complexity index is 926. The highest BCUT2D eigenvalue weighted by Crippen LogP contribution is 2.29. The number of para-hydroxylation sites is 1. The summed E-state index contributed by atoms with van der Waals surface area (Å²) < 4.78 is 5.28. The van der Waals surface area contributed by atoms with E-state index in [1.165, 1.54) is 0 Å². The number of fused-ring (bicyclic) bond motifs is 2. The second-order valence-corrected chi connectivity index (χ2v) is 7.40. The van der Waals surface area contributed by atoms with Gasteiger partial charge in [0.05, 0.1) is 11.1 Å². The Morgan fingerprint density at radius 3 is 2.69 bits per heavy atom. The Morgan fingerprint density at radius 1 is 1.14 bits per heavy atom. The van der Waals surface area contributed by atoms with Crippen molar-refractivity contribution in [3.8, 4) is 0 Å². The number of urea groups is 1. The number of amides is 3. The SMILES string of the molecule is CC[C@H](C)NC(=O)NC(=O)COC(=O)c1c2c(nc3ccccc13)CCCCC2. The number of carbonyl (C=O) groups excluding carboxylic acids is 3. The zero-order valence-electron chi connectivity index (χ0n) is 16.9. The summed E-state index contributed by atoms with van der Waals surface area (Å²) >= 11 is 0. The van der Waals surface area contributed by atoms with Crippen molar-refractivity contribution in [2.75, 3.05) is 6.61 Å². The van der Waals surface area contributed by atoms with Crippen LogP contribution in [0.1, 0.15) is 61.1 Å². The van der Waals surface area contributed by atoms with Crippen molar-refractivity contribution in [3.05, 3.63) is 41.1 Å². The van der Waals surface area contributed by atoms with Gasteiger partial charge in [-0.25, -0.2) is 9.59 Å². The number of rotatable bonds is 5. The van der Waals surface area contributed by atoms with Crippen LogP contribution < -0.4 is 10.6 Å². The van der Waals surface area contributed by atoms with Gasteiger partial charge < -0.3 is 10.1 Å². The van der Waals surface area contributed by atoms with Gasteiger partial charge in [0.15, 0.2) is 6.61 Å². The maximum absolute atomic E-state index is 12.9. The number of nitrogens with zero attached hydrogens (tertiary/aromatic N) is 1. The van der Waals surface area contributed by atoms with Gasteiger partial charge in [0.25, 0.3) is 5.91 Å². The first-order chi connectivity index (χ1) is 14.0. The number of benzene rings is 1. The number of hydrogen-bond donors (Lipinski definition) is 2. The van der Waals surface area contributed by atoms with Gasteiger partial charge in [-0.3, -0.25) is 15.1 Å². The van der Waals surface area contributed by atoms with Crippen LogP contribution >= 0.6 is 0 Å². The van der Waals surface area contributed by atoms with Crippen molar-refractivity contribution in [2.24, 2.45) is 0 Å². The Morgan fingerprint density at radius 2 is 1.90 bits per heavy atom. The van der Waals surface area contributed by atoms with Crippen molar-refractivity contribution in [2.45, 2.75) is 58.4 Å². The van der Waals surface area contributed by atoms with Crippen LogP contribution in [0.15, 0.2) is 24.3 Å². The van der Waals surface area contributed by atoms with E-state index in [4.69, 9.17) is 9.72 Å². The molecule has 0 aliphatic heterocycles. The average Bonchev–Trinajstić information content (AvgIpc) is 2.95. The first kappa shape index (κ1) is 20.8. The van der Waals surface area contributed by atoms with Crippen molar-refractivity contribution in [1.29, 1.82) is 0 Å². The smallest absolute Gasteiger partial charge is 0.339 e. The molecular formula is C22H27N3O4. The molecule has 154 valence electrons. The number of pyridine rings is 1. The maximum atomic E-state index is 12.9. The minimum Gasteiger partial charge on any atom is -0.452 e. The van der Waals surface area contributed by atoms with Crippen LogP contribution in [0.3, 0.4) is 0 Å². The molecule has 1 atom stereocenters. The van der Waals surface area contributed by atoms with Gasteiger partial charge in [-0.2, -0.15) is 0 Å². The van der Waals surface area contributed by atoms with E-state index in [2.05, 4.69) is 10.6 Å². The highest BCUT2D eigenvalue weighted by atomic mass is 16.5. The molecule has 2 aromatic rings. The van der Waals surface area contributed by atoms with Crippen LogP contribution in [0.4, 0.5) is 4.79 Å². The van der Waals surface area contributed by atoms with E-state index in [9.17, 15) is 14.4 Å². The van der Waals surface area contributed by atoms with Crippen molar-refractivity contribution in [1.82, 2.24) is 15.6 Å². The quantitative estimate of drug-likeness (QED) is 0.596. The Hall–Kier alpha value is -2.96. The molecule has 0 spiro atoms. The van der Waals surface area contributed by atoms with Gasteiger partial charge in [-0.15, -0.1) is 0 Å². The first-order valence-corrected chi connectivity index (χ1v) is 10.2. The minimum atomic E-state index is -0.663. The molecule has 1 aromatic carbocycles. The second-order valence-electron chi connectivity index (χ2n) is 7.40. The van der Waals surface area contributed by atoms with Gasteiger partial charge in [-0.1, -0.05) is 31.5 Å². The summed E-state index contributed by atoms with van der Waals surface area (Å²) in [4.78, 5) is 41.4. The summed E-state index contributed by atoms with van der Waals surface area (Å²) in [5, 5.41) is 5.54. The number of aromatic nitrogens is 1. The topological polar surface area (TPSA) is 97.4 Å². The van der Waals surface area contributed by atoms with Crippen molar-refractivity contribution >= 4 is 28.8 Å². The summed E-state index contributed by atoms with van der Waals surface area (Å²) in [5.41, 5.74) is 3.09. The number of ether oxygens (including phenoxy) is 1. The molecule has 7 nitrogen and oxygen atoms in total. The van der Waals surface area contributed by atoms with Crippen molar-refractivity contribution in [3.63, 3.8) is 0 Å². The molecule has 1 aliphatic carbocycles. The zero-order valence-corrected chi connectivity index (χ0v) is 16.9. The molecule has 0 bridgehead atoms. The highest BCUT2D eigenvalue weighted by molar-refractivity contribution is 6.06. The lowest BCUT2D eigenvalue weighted by atomic mass is 9.97. The van der Waals surface area contributed by atoms with Crippen LogP contribution in [0, 0.1) is 0 Å². The summed E-state index contributed by atoms with van der Waals surface area (Å²) in [6.45, 7) is 3.25. The Labute approximate surface area is 170 Å². The molecule has 0 saturated heterocycles. The predicted molar refractivity (Wildman–Crippen MR) is 110 cm³/mol. The number of carbonyl (C=O) groups is 3. The van der Waals surface area contributed by atoms with Crippen molar-refractivity contribution < 1.29 is 19.1 Å².